The number of rotatable bonds is 3. The topological polar surface area (TPSA) is 43.8 Å². The lowest BCUT2D eigenvalue weighted by Gasteiger charge is -2.47. The van der Waals surface area contributed by atoms with Gasteiger partial charge in [0.25, 0.3) is 0 Å². The predicted molar refractivity (Wildman–Crippen MR) is 78.7 cm³/mol. The van der Waals surface area contributed by atoms with Gasteiger partial charge in [0.15, 0.2) is 0 Å². The summed E-state index contributed by atoms with van der Waals surface area (Å²) in [5.41, 5.74) is 0. The number of fused-ring (bicyclic) bond motifs is 2. The predicted octanol–water partition coefficient (Wildman–Crippen LogP) is 2.19. The molecule has 4 heteroatoms. The van der Waals surface area contributed by atoms with E-state index in [1.807, 2.05) is 0 Å². The minimum Gasteiger partial charge on any atom is -0.481 e. The van der Waals surface area contributed by atoms with Crippen molar-refractivity contribution in [2.75, 3.05) is 13.6 Å². The Hall–Kier alpha value is -0.610. The van der Waals surface area contributed by atoms with Crippen LogP contribution in [-0.2, 0) is 4.79 Å². The molecule has 4 unspecified atom stereocenters. The van der Waals surface area contributed by atoms with Gasteiger partial charge in [0.05, 0.1) is 0 Å². The van der Waals surface area contributed by atoms with Crippen LogP contribution in [0.3, 0.4) is 0 Å². The van der Waals surface area contributed by atoms with E-state index in [4.69, 9.17) is 5.11 Å². The lowest BCUT2D eigenvalue weighted by atomic mass is 9.85. The van der Waals surface area contributed by atoms with Gasteiger partial charge in [0.1, 0.15) is 0 Å². The third-order valence-electron chi connectivity index (χ3n) is 5.95. The Kier molecular flexibility index (Phi) is 4.04. The molecule has 0 radical (unpaired) electrons. The van der Waals surface area contributed by atoms with Crippen LogP contribution >= 0.6 is 0 Å². The molecular weight excluding hydrogens is 252 g/mol. The van der Waals surface area contributed by atoms with Gasteiger partial charge < -0.3 is 10.0 Å². The zero-order chi connectivity index (χ0) is 14.3. The Morgan fingerprint density at radius 3 is 2.25 bits per heavy atom. The van der Waals surface area contributed by atoms with E-state index in [-0.39, 0.29) is 0 Å². The molecule has 1 N–H and O–H groups in total. The zero-order valence-electron chi connectivity index (χ0n) is 12.8. The van der Waals surface area contributed by atoms with Gasteiger partial charge in [0, 0.05) is 30.6 Å². The van der Waals surface area contributed by atoms with E-state index < -0.39 is 5.97 Å². The van der Waals surface area contributed by atoms with Crippen molar-refractivity contribution in [2.45, 2.75) is 76.0 Å². The van der Waals surface area contributed by atoms with Gasteiger partial charge in [-0.05, 0) is 65.0 Å². The van der Waals surface area contributed by atoms with Crippen LogP contribution < -0.4 is 0 Å². The number of hydrogen-bond donors (Lipinski definition) is 1. The number of carbonyl (C=O) groups is 1. The van der Waals surface area contributed by atoms with Gasteiger partial charge >= 0.3 is 5.97 Å². The molecule has 0 aromatic heterocycles. The van der Waals surface area contributed by atoms with Crippen molar-refractivity contribution in [2.24, 2.45) is 5.92 Å². The molecule has 3 heterocycles. The van der Waals surface area contributed by atoms with Crippen molar-refractivity contribution in [3.8, 4) is 0 Å². The smallest absolute Gasteiger partial charge is 0.303 e. The van der Waals surface area contributed by atoms with Crippen molar-refractivity contribution < 1.29 is 9.90 Å². The van der Waals surface area contributed by atoms with E-state index in [9.17, 15) is 4.79 Å². The van der Waals surface area contributed by atoms with Crippen LogP contribution in [0, 0.1) is 5.92 Å². The van der Waals surface area contributed by atoms with E-state index in [1.54, 1.807) is 0 Å². The Balaban J connectivity index is 1.63. The lowest BCUT2D eigenvalue weighted by Crippen LogP contribution is -2.54. The third-order valence-corrected chi connectivity index (χ3v) is 5.95. The molecule has 114 valence electrons. The van der Waals surface area contributed by atoms with E-state index in [1.165, 1.54) is 32.2 Å². The van der Waals surface area contributed by atoms with Crippen LogP contribution in [0.2, 0.25) is 0 Å². The van der Waals surface area contributed by atoms with Crippen LogP contribution in [0.5, 0.6) is 0 Å². The van der Waals surface area contributed by atoms with Crippen LogP contribution in [0.1, 0.15) is 51.9 Å². The summed E-state index contributed by atoms with van der Waals surface area (Å²) in [7, 11) is 2.23. The second kappa shape index (κ2) is 5.64. The Morgan fingerprint density at radius 2 is 1.70 bits per heavy atom. The van der Waals surface area contributed by atoms with E-state index >= 15 is 0 Å². The van der Waals surface area contributed by atoms with Crippen LogP contribution in [0.25, 0.3) is 0 Å². The summed E-state index contributed by atoms with van der Waals surface area (Å²) in [4.78, 5) is 16.2. The first-order valence-electron chi connectivity index (χ1n) is 8.24. The van der Waals surface area contributed by atoms with Crippen LogP contribution in [0.15, 0.2) is 0 Å². The average molecular weight is 280 g/mol. The summed E-state index contributed by atoms with van der Waals surface area (Å²) in [6, 6.07) is 2.76. The second-order valence-corrected chi connectivity index (χ2v) is 7.28. The fourth-order valence-corrected chi connectivity index (χ4v) is 4.87. The number of hydrogen-bond acceptors (Lipinski definition) is 3. The Labute approximate surface area is 122 Å². The molecule has 3 fully saturated rings. The van der Waals surface area contributed by atoms with Crippen molar-refractivity contribution in [3.63, 3.8) is 0 Å². The number of carboxylic acid groups (broad SMARTS) is 1. The summed E-state index contributed by atoms with van der Waals surface area (Å²) < 4.78 is 0. The minimum atomic E-state index is -0.615. The molecule has 0 aromatic carbocycles. The summed E-state index contributed by atoms with van der Waals surface area (Å²) in [5, 5.41) is 9.02. The Morgan fingerprint density at radius 1 is 1.10 bits per heavy atom. The minimum absolute atomic E-state index is 0.380. The fraction of sp³-hybridized carbons (Fsp3) is 0.938. The molecule has 0 spiro atoms. The molecule has 20 heavy (non-hydrogen) atoms. The van der Waals surface area contributed by atoms with Crippen molar-refractivity contribution in [3.05, 3.63) is 0 Å². The molecular formula is C16H28N2O2. The quantitative estimate of drug-likeness (QED) is 0.860. The summed E-state index contributed by atoms with van der Waals surface area (Å²) in [5.74, 6) is -0.194. The van der Waals surface area contributed by atoms with E-state index in [0.29, 0.717) is 30.5 Å². The highest BCUT2D eigenvalue weighted by molar-refractivity contribution is 5.67. The SMILES string of the molecule is CC1CC(N2C3CCC2CC(CC(=O)O)C3)CCN1C. The number of carboxylic acids is 1. The molecule has 4 nitrogen and oxygen atoms in total. The van der Waals surface area contributed by atoms with Crippen molar-refractivity contribution in [1.29, 1.82) is 0 Å². The number of piperidine rings is 2. The largest absolute Gasteiger partial charge is 0.481 e. The maximum Gasteiger partial charge on any atom is 0.303 e. The third kappa shape index (κ3) is 2.73. The van der Waals surface area contributed by atoms with Crippen molar-refractivity contribution >= 4 is 5.97 Å². The number of aliphatic carboxylic acids is 1. The van der Waals surface area contributed by atoms with E-state index in [2.05, 4.69) is 23.8 Å². The average Bonchev–Trinajstić information content (AvgIpc) is 2.64. The Bertz CT molecular complexity index is 359. The monoisotopic (exact) mass is 280 g/mol. The van der Waals surface area contributed by atoms with Gasteiger partial charge in [-0.3, -0.25) is 9.69 Å². The molecule has 3 aliphatic heterocycles. The number of nitrogens with zero attached hydrogens (tertiary/aromatic N) is 2. The highest BCUT2D eigenvalue weighted by Crippen LogP contribution is 2.43. The van der Waals surface area contributed by atoms with Gasteiger partial charge in [-0.25, -0.2) is 0 Å². The molecule has 4 atom stereocenters. The highest BCUT2D eigenvalue weighted by Gasteiger charge is 2.45. The number of likely N-dealkylation sites (tertiary alicyclic amines) is 1. The standard InChI is InChI=1S/C16H28N2O2/c1-11-7-15(5-6-17(11)2)18-13-3-4-14(18)9-12(8-13)10-16(19)20/h11-15H,3-10H2,1-2H3,(H,19,20). The molecule has 0 aromatic rings. The van der Waals surface area contributed by atoms with Gasteiger partial charge in [-0.15, -0.1) is 0 Å². The maximum absolute atomic E-state index is 10.9. The molecule has 0 amide bonds. The first kappa shape index (κ1) is 14.3. The van der Waals surface area contributed by atoms with Crippen LogP contribution in [0.4, 0.5) is 0 Å². The lowest BCUT2D eigenvalue weighted by molar-refractivity contribution is -0.138. The fourth-order valence-electron chi connectivity index (χ4n) is 4.87. The summed E-state index contributed by atoms with van der Waals surface area (Å²) in [6.07, 6.45) is 7.77. The highest BCUT2D eigenvalue weighted by atomic mass is 16.4. The normalized spacial score (nSPS) is 42.8. The maximum atomic E-state index is 10.9. The van der Waals surface area contributed by atoms with Gasteiger partial charge in [-0.2, -0.15) is 0 Å². The molecule has 0 aliphatic carbocycles. The second-order valence-electron chi connectivity index (χ2n) is 7.28. The molecule has 0 saturated carbocycles. The molecule has 3 saturated heterocycles. The van der Waals surface area contributed by atoms with Gasteiger partial charge in [0.2, 0.25) is 0 Å². The molecule has 3 rings (SSSR count). The van der Waals surface area contributed by atoms with E-state index in [0.717, 1.165) is 18.9 Å². The molecule has 2 bridgehead atoms. The van der Waals surface area contributed by atoms with Crippen molar-refractivity contribution in [1.82, 2.24) is 9.80 Å². The first-order chi connectivity index (χ1) is 9.54. The summed E-state index contributed by atoms with van der Waals surface area (Å²) >= 11 is 0. The van der Waals surface area contributed by atoms with Crippen LogP contribution in [-0.4, -0.2) is 58.6 Å². The summed E-state index contributed by atoms with van der Waals surface area (Å²) in [6.45, 7) is 3.55. The first-order valence-corrected chi connectivity index (χ1v) is 8.24. The molecule has 3 aliphatic rings. The zero-order valence-corrected chi connectivity index (χ0v) is 12.8. The van der Waals surface area contributed by atoms with Gasteiger partial charge in [-0.1, -0.05) is 0 Å².